The molecule has 1 N–H and O–H groups in total. The highest BCUT2D eigenvalue weighted by Crippen LogP contribution is 2.30. The molecule has 0 spiro atoms. The van der Waals surface area contributed by atoms with Crippen molar-refractivity contribution in [3.63, 3.8) is 0 Å². The molecule has 9 heteroatoms. The second kappa shape index (κ2) is 7.75. The number of ether oxygens (including phenoxy) is 1. The molecular formula is C18H21N3O6. The van der Waals surface area contributed by atoms with Crippen LogP contribution in [-0.4, -0.2) is 82.5 Å². The molecule has 1 aromatic rings. The molecule has 2 aliphatic rings. The lowest BCUT2D eigenvalue weighted by Crippen LogP contribution is -2.55. The van der Waals surface area contributed by atoms with E-state index < -0.39 is 30.6 Å². The summed E-state index contributed by atoms with van der Waals surface area (Å²) >= 11 is 0. The van der Waals surface area contributed by atoms with Gasteiger partial charge < -0.3 is 19.6 Å². The molecule has 1 aromatic carbocycles. The van der Waals surface area contributed by atoms with E-state index in [1.807, 2.05) is 30.3 Å². The second-order valence-electron chi connectivity index (χ2n) is 6.51. The van der Waals surface area contributed by atoms with Crippen LogP contribution < -0.4 is 0 Å². The summed E-state index contributed by atoms with van der Waals surface area (Å²) in [5.74, 6) is -1.89. The monoisotopic (exact) mass is 375 g/mol. The maximum absolute atomic E-state index is 12.9. The van der Waals surface area contributed by atoms with E-state index in [2.05, 4.69) is 0 Å². The molecule has 144 valence electrons. The number of aliphatic carboxylic acids is 1. The van der Waals surface area contributed by atoms with Gasteiger partial charge in [0.2, 0.25) is 5.91 Å². The van der Waals surface area contributed by atoms with Crippen molar-refractivity contribution < 1.29 is 29.0 Å². The van der Waals surface area contributed by atoms with Gasteiger partial charge in [-0.2, -0.15) is 0 Å². The summed E-state index contributed by atoms with van der Waals surface area (Å²) in [7, 11) is 0. The zero-order chi connectivity index (χ0) is 19.6. The van der Waals surface area contributed by atoms with Gasteiger partial charge in [-0.3, -0.25) is 14.5 Å². The molecule has 4 amide bonds. The number of hydrogen-bond donors (Lipinski definition) is 1. The van der Waals surface area contributed by atoms with Crippen molar-refractivity contribution in [3.05, 3.63) is 35.9 Å². The predicted octanol–water partition coefficient (Wildman–Crippen LogP) is 0.324. The third kappa shape index (κ3) is 3.77. The fourth-order valence-electron chi connectivity index (χ4n) is 3.40. The molecule has 2 atom stereocenters. The van der Waals surface area contributed by atoms with Crippen molar-refractivity contribution in [1.82, 2.24) is 14.7 Å². The van der Waals surface area contributed by atoms with E-state index in [9.17, 15) is 19.2 Å². The van der Waals surface area contributed by atoms with E-state index in [-0.39, 0.29) is 38.2 Å². The Kier molecular flexibility index (Phi) is 5.41. The van der Waals surface area contributed by atoms with Crippen LogP contribution in [0, 0.1) is 0 Å². The number of carbonyl (C=O) groups excluding carboxylic acids is 3. The largest absolute Gasteiger partial charge is 0.480 e. The second-order valence-corrected chi connectivity index (χ2v) is 6.51. The predicted molar refractivity (Wildman–Crippen MR) is 92.6 cm³/mol. The number of piperazine rings is 1. The molecule has 3 rings (SSSR count). The van der Waals surface area contributed by atoms with Gasteiger partial charge in [-0.05, 0) is 12.5 Å². The Morgan fingerprint density at radius 1 is 1.19 bits per heavy atom. The number of imide groups is 1. The van der Waals surface area contributed by atoms with Gasteiger partial charge >= 0.3 is 12.0 Å². The first-order valence-electron chi connectivity index (χ1n) is 8.66. The van der Waals surface area contributed by atoms with Crippen LogP contribution >= 0.6 is 0 Å². The first-order chi connectivity index (χ1) is 12.9. The van der Waals surface area contributed by atoms with Gasteiger partial charge in [-0.25, -0.2) is 9.59 Å². The number of amides is 4. The van der Waals surface area contributed by atoms with E-state index in [4.69, 9.17) is 9.84 Å². The molecule has 27 heavy (non-hydrogen) atoms. The number of carboxylic acid groups (broad SMARTS) is 1. The molecule has 2 fully saturated rings. The minimum absolute atomic E-state index is 0.0812. The van der Waals surface area contributed by atoms with Gasteiger partial charge in [0.1, 0.15) is 19.3 Å². The molecule has 0 aliphatic carbocycles. The summed E-state index contributed by atoms with van der Waals surface area (Å²) in [4.78, 5) is 52.4. The lowest BCUT2D eigenvalue weighted by Gasteiger charge is -2.35. The molecule has 0 radical (unpaired) electrons. The Balaban J connectivity index is 1.67. The van der Waals surface area contributed by atoms with E-state index >= 15 is 0 Å². The number of fused-ring (bicyclic) bond motifs is 1. The summed E-state index contributed by atoms with van der Waals surface area (Å²) < 4.78 is 4.82. The third-order valence-electron chi connectivity index (χ3n) is 4.83. The molecule has 0 aromatic heterocycles. The number of carboxylic acids is 1. The molecule has 2 heterocycles. The first-order valence-corrected chi connectivity index (χ1v) is 8.66. The van der Waals surface area contributed by atoms with Crippen LogP contribution in [0.1, 0.15) is 18.5 Å². The quantitative estimate of drug-likeness (QED) is 0.718. The topological polar surface area (TPSA) is 107 Å². The summed E-state index contributed by atoms with van der Waals surface area (Å²) in [6, 6.07) is 7.80. The van der Waals surface area contributed by atoms with Crippen molar-refractivity contribution in [1.29, 1.82) is 0 Å². The first kappa shape index (κ1) is 18.8. The van der Waals surface area contributed by atoms with Gasteiger partial charge in [0, 0.05) is 13.1 Å². The Morgan fingerprint density at radius 3 is 2.56 bits per heavy atom. The van der Waals surface area contributed by atoms with Gasteiger partial charge in [-0.1, -0.05) is 30.3 Å². The molecular weight excluding hydrogens is 354 g/mol. The maximum Gasteiger partial charge on any atom is 0.329 e. The number of benzene rings is 1. The molecule has 2 aliphatic heterocycles. The Hall–Kier alpha value is -2.94. The average Bonchev–Trinajstić information content (AvgIpc) is 2.91. The maximum atomic E-state index is 12.9. The van der Waals surface area contributed by atoms with E-state index in [1.54, 1.807) is 6.92 Å². The van der Waals surface area contributed by atoms with Crippen molar-refractivity contribution in [2.24, 2.45) is 0 Å². The summed E-state index contributed by atoms with van der Waals surface area (Å²) in [5.41, 5.74) is 0.856. The molecule has 0 bridgehead atoms. The van der Waals surface area contributed by atoms with Crippen LogP contribution in [0.2, 0.25) is 0 Å². The fourth-order valence-corrected chi connectivity index (χ4v) is 3.40. The summed E-state index contributed by atoms with van der Waals surface area (Å²) in [6.07, 6.45) is 0. The van der Waals surface area contributed by atoms with Crippen LogP contribution in [0.5, 0.6) is 0 Å². The van der Waals surface area contributed by atoms with Crippen LogP contribution in [-0.2, 0) is 19.1 Å². The molecule has 2 saturated heterocycles. The van der Waals surface area contributed by atoms with Crippen molar-refractivity contribution in [2.45, 2.75) is 19.0 Å². The van der Waals surface area contributed by atoms with E-state index in [1.165, 1.54) is 14.7 Å². The number of carbonyl (C=O) groups is 4. The normalized spacial score (nSPS) is 20.6. The van der Waals surface area contributed by atoms with Crippen LogP contribution in [0.25, 0.3) is 0 Å². The Morgan fingerprint density at radius 2 is 1.89 bits per heavy atom. The average molecular weight is 375 g/mol. The highest BCUT2D eigenvalue weighted by molar-refractivity contribution is 6.05. The number of urea groups is 1. The zero-order valence-electron chi connectivity index (χ0n) is 14.9. The van der Waals surface area contributed by atoms with Crippen molar-refractivity contribution in [2.75, 3.05) is 32.8 Å². The lowest BCUT2D eigenvalue weighted by atomic mass is 10.1. The van der Waals surface area contributed by atoms with Gasteiger partial charge in [0.05, 0.1) is 12.6 Å². The van der Waals surface area contributed by atoms with E-state index in [0.717, 1.165) is 5.56 Å². The Bertz CT molecular complexity index is 753. The van der Waals surface area contributed by atoms with Crippen LogP contribution in [0.15, 0.2) is 30.3 Å². The highest BCUT2D eigenvalue weighted by atomic mass is 16.5. The highest BCUT2D eigenvalue weighted by Gasteiger charge is 2.50. The smallest absolute Gasteiger partial charge is 0.329 e. The Labute approximate surface area is 156 Å². The summed E-state index contributed by atoms with van der Waals surface area (Å²) in [5, 5.41) is 8.55. The lowest BCUT2D eigenvalue weighted by molar-refractivity contribution is -0.146. The zero-order valence-corrected chi connectivity index (χ0v) is 14.9. The minimum Gasteiger partial charge on any atom is -0.480 e. The van der Waals surface area contributed by atoms with Crippen molar-refractivity contribution in [3.8, 4) is 0 Å². The molecule has 9 nitrogen and oxygen atoms in total. The van der Waals surface area contributed by atoms with Gasteiger partial charge in [-0.15, -0.1) is 0 Å². The standard InChI is InChI=1S/C18H21N3O6/c1-12(13-5-3-2-4-6-13)21-17(25)14-9-19(7-8-20(14)18(21)26)15(22)10-27-11-16(23)24/h2-6,12,14H,7-11H2,1H3,(H,23,24)/t12-,14-/m0/s1. The van der Waals surface area contributed by atoms with Crippen LogP contribution in [0.3, 0.4) is 0 Å². The van der Waals surface area contributed by atoms with E-state index in [0.29, 0.717) is 0 Å². The van der Waals surface area contributed by atoms with Crippen LogP contribution in [0.4, 0.5) is 4.79 Å². The van der Waals surface area contributed by atoms with Crippen molar-refractivity contribution >= 4 is 23.8 Å². The molecule has 0 saturated carbocycles. The fraction of sp³-hybridized carbons (Fsp3) is 0.444. The number of rotatable bonds is 6. The number of hydrogen-bond acceptors (Lipinski definition) is 5. The van der Waals surface area contributed by atoms with Gasteiger partial charge in [0.25, 0.3) is 5.91 Å². The summed E-state index contributed by atoms with van der Waals surface area (Å²) in [6.45, 7) is 1.47. The van der Waals surface area contributed by atoms with Gasteiger partial charge in [0.15, 0.2) is 0 Å². The number of nitrogens with zero attached hydrogens (tertiary/aromatic N) is 3. The SMILES string of the molecule is C[C@@H](c1ccccc1)N1C(=O)[C@@H]2CN(C(=O)COCC(=O)O)CCN2C1=O. The molecule has 0 unspecified atom stereocenters. The third-order valence-corrected chi connectivity index (χ3v) is 4.83. The minimum atomic E-state index is -1.16.